The van der Waals surface area contributed by atoms with Crippen LogP contribution < -0.4 is 11.3 Å². The molecule has 0 bridgehead atoms. The van der Waals surface area contributed by atoms with E-state index >= 15 is 0 Å². The van der Waals surface area contributed by atoms with Crippen LogP contribution in [0.15, 0.2) is 0 Å². The van der Waals surface area contributed by atoms with Crippen molar-refractivity contribution < 1.29 is 4.74 Å². The molecule has 1 aliphatic heterocycles. The number of ether oxygens (including phenoxy) is 1. The average Bonchev–Trinajstić information content (AvgIpc) is 2.87. The van der Waals surface area contributed by atoms with Crippen molar-refractivity contribution in [2.45, 2.75) is 57.0 Å². The molecule has 0 spiro atoms. The fourth-order valence-electron chi connectivity index (χ4n) is 3.68. The molecule has 4 nitrogen and oxygen atoms in total. The first kappa shape index (κ1) is 13.3. The fourth-order valence-corrected chi connectivity index (χ4v) is 3.68. The molecule has 2 fully saturated rings. The molecule has 1 unspecified atom stereocenters. The Balaban J connectivity index is 2.11. The van der Waals surface area contributed by atoms with Crippen LogP contribution >= 0.6 is 0 Å². The number of nitrogens with two attached hydrogens (primary N) is 1. The Labute approximate surface area is 105 Å². The lowest BCUT2D eigenvalue weighted by Crippen LogP contribution is -2.63. The molecule has 0 aromatic heterocycles. The number of rotatable bonds is 5. The molecule has 3 N–H and O–H groups in total. The third-order valence-corrected chi connectivity index (χ3v) is 4.54. The highest BCUT2D eigenvalue weighted by Gasteiger charge is 2.45. The van der Waals surface area contributed by atoms with E-state index in [0.29, 0.717) is 11.6 Å². The highest BCUT2D eigenvalue weighted by atomic mass is 16.5. The van der Waals surface area contributed by atoms with Gasteiger partial charge < -0.3 is 4.74 Å². The van der Waals surface area contributed by atoms with Gasteiger partial charge in [0.25, 0.3) is 0 Å². The molecule has 1 atom stereocenters. The van der Waals surface area contributed by atoms with Gasteiger partial charge in [-0.2, -0.15) is 0 Å². The van der Waals surface area contributed by atoms with Gasteiger partial charge in [0.05, 0.1) is 13.2 Å². The maximum Gasteiger partial charge on any atom is 0.0594 e. The Morgan fingerprint density at radius 3 is 2.47 bits per heavy atom. The Morgan fingerprint density at radius 2 is 1.94 bits per heavy atom. The van der Waals surface area contributed by atoms with E-state index in [1.807, 2.05) is 0 Å². The van der Waals surface area contributed by atoms with Crippen LogP contribution in [-0.2, 0) is 4.74 Å². The summed E-state index contributed by atoms with van der Waals surface area (Å²) in [7, 11) is 0. The normalized spacial score (nSPS) is 27.2. The lowest BCUT2D eigenvalue weighted by Gasteiger charge is -2.48. The molecule has 1 saturated carbocycles. The van der Waals surface area contributed by atoms with Crippen molar-refractivity contribution in [3.63, 3.8) is 0 Å². The van der Waals surface area contributed by atoms with E-state index in [4.69, 9.17) is 10.6 Å². The van der Waals surface area contributed by atoms with Gasteiger partial charge in [-0.1, -0.05) is 26.2 Å². The van der Waals surface area contributed by atoms with Crippen LogP contribution in [0.3, 0.4) is 0 Å². The van der Waals surface area contributed by atoms with Crippen LogP contribution in [0.1, 0.15) is 45.4 Å². The van der Waals surface area contributed by atoms with Gasteiger partial charge in [-0.3, -0.25) is 16.2 Å². The summed E-state index contributed by atoms with van der Waals surface area (Å²) in [5.41, 5.74) is 3.40. The second kappa shape index (κ2) is 6.14. The zero-order valence-corrected chi connectivity index (χ0v) is 11.1. The van der Waals surface area contributed by atoms with Crippen molar-refractivity contribution in [2.75, 3.05) is 26.3 Å². The molecule has 4 heteroatoms. The molecule has 0 aromatic carbocycles. The predicted molar refractivity (Wildman–Crippen MR) is 69.6 cm³/mol. The second-order valence-electron chi connectivity index (χ2n) is 5.42. The van der Waals surface area contributed by atoms with Crippen molar-refractivity contribution in [2.24, 2.45) is 5.84 Å². The first-order valence-corrected chi connectivity index (χ1v) is 7.12. The van der Waals surface area contributed by atoms with Gasteiger partial charge >= 0.3 is 0 Å². The van der Waals surface area contributed by atoms with E-state index in [9.17, 15) is 0 Å². The molecule has 2 aliphatic rings. The number of morpholine rings is 1. The van der Waals surface area contributed by atoms with Crippen LogP contribution in [0.25, 0.3) is 0 Å². The summed E-state index contributed by atoms with van der Waals surface area (Å²) < 4.78 is 5.48. The van der Waals surface area contributed by atoms with Gasteiger partial charge in [-0.25, -0.2) is 0 Å². The molecule has 2 rings (SSSR count). The average molecular weight is 241 g/mol. The van der Waals surface area contributed by atoms with Gasteiger partial charge in [0.1, 0.15) is 0 Å². The third kappa shape index (κ3) is 2.65. The Kier molecular flexibility index (Phi) is 4.79. The van der Waals surface area contributed by atoms with Gasteiger partial charge in [-0.15, -0.1) is 0 Å². The fraction of sp³-hybridized carbons (Fsp3) is 1.00. The van der Waals surface area contributed by atoms with Gasteiger partial charge in [0, 0.05) is 24.7 Å². The Bertz CT molecular complexity index is 216. The van der Waals surface area contributed by atoms with Gasteiger partial charge in [0.15, 0.2) is 0 Å². The first-order valence-electron chi connectivity index (χ1n) is 7.12. The van der Waals surface area contributed by atoms with E-state index in [1.54, 1.807) is 0 Å². The summed E-state index contributed by atoms with van der Waals surface area (Å²) in [6.07, 6.45) is 7.65. The van der Waals surface area contributed by atoms with Crippen molar-refractivity contribution in [1.82, 2.24) is 10.3 Å². The molecule has 0 amide bonds. The van der Waals surface area contributed by atoms with E-state index in [0.717, 1.165) is 26.3 Å². The summed E-state index contributed by atoms with van der Waals surface area (Å²) in [6, 6.07) is 0.438. The highest BCUT2D eigenvalue weighted by molar-refractivity contribution is 5.03. The first-order chi connectivity index (χ1) is 8.33. The van der Waals surface area contributed by atoms with Crippen molar-refractivity contribution in [3.8, 4) is 0 Å². The van der Waals surface area contributed by atoms with Crippen molar-refractivity contribution in [1.29, 1.82) is 0 Å². The monoisotopic (exact) mass is 241 g/mol. The maximum absolute atomic E-state index is 5.82. The minimum atomic E-state index is 0.300. The van der Waals surface area contributed by atoms with Gasteiger partial charge in [0.2, 0.25) is 0 Å². The third-order valence-electron chi connectivity index (χ3n) is 4.54. The van der Waals surface area contributed by atoms with Crippen LogP contribution in [0.4, 0.5) is 0 Å². The zero-order chi connectivity index (χ0) is 12.1. The SMILES string of the molecule is CCCC(NN)C1(N2CCOCC2)CCCC1. The molecular formula is C13H27N3O. The zero-order valence-electron chi connectivity index (χ0n) is 11.1. The van der Waals surface area contributed by atoms with E-state index in [2.05, 4.69) is 17.2 Å². The minimum absolute atomic E-state index is 0.300. The lowest BCUT2D eigenvalue weighted by molar-refractivity contribution is -0.0370. The largest absolute Gasteiger partial charge is 0.379 e. The molecule has 100 valence electrons. The van der Waals surface area contributed by atoms with Crippen LogP contribution in [0.2, 0.25) is 0 Å². The summed E-state index contributed by atoms with van der Waals surface area (Å²) in [5.74, 6) is 5.82. The molecule has 1 heterocycles. The smallest absolute Gasteiger partial charge is 0.0594 e. The maximum atomic E-state index is 5.82. The molecular weight excluding hydrogens is 214 g/mol. The summed E-state index contributed by atoms with van der Waals surface area (Å²) in [6.45, 7) is 6.15. The second-order valence-corrected chi connectivity index (χ2v) is 5.42. The van der Waals surface area contributed by atoms with E-state index < -0.39 is 0 Å². The van der Waals surface area contributed by atoms with Crippen molar-refractivity contribution in [3.05, 3.63) is 0 Å². The number of hydrogen-bond donors (Lipinski definition) is 2. The molecule has 17 heavy (non-hydrogen) atoms. The van der Waals surface area contributed by atoms with Crippen LogP contribution in [-0.4, -0.2) is 42.8 Å². The number of nitrogens with zero attached hydrogens (tertiary/aromatic N) is 1. The minimum Gasteiger partial charge on any atom is -0.379 e. The Morgan fingerprint density at radius 1 is 1.29 bits per heavy atom. The number of hydrazine groups is 1. The van der Waals surface area contributed by atoms with Crippen molar-refractivity contribution >= 4 is 0 Å². The van der Waals surface area contributed by atoms with E-state index in [1.165, 1.54) is 38.5 Å². The molecule has 0 radical (unpaired) electrons. The van der Waals surface area contributed by atoms with Crippen LogP contribution in [0, 0.1) is 0 Å². The standard InChI is InChI=1S/C13H27N3O/c1-2-5-12(15-14)13(6-3-4-7-13)16-8-10-17-11-9-16/h12,15H,2-11,14H2,1H3. The summed E-state index contributed by atoms with van der Waals surface area (Å²) in [4.78, 5) is 2.64. The quantitative estimate of drug-likeness (QED) is 0.562. The van der Waals surface area contributed by atoms with Crippen LogP contribution in [0.5, 0.6) is 0 Å². The molecule has 1 saturated heterocycles. The number of hydrogen-bond acceptors (Lipinski definition) is 4. The van der Waals surface area contributed by atoms with E-state index in [-0.39, 0.29) is 0 Å². The predicted octanol–water partition coefficient (Wildman–Crippen LogP) is 1.26. The molecule has 1 aliphatic carbocycles. The Hall–Kier alpha value is -0.160. The molecule has 0 aromatic rings. The summed E-state index contributed by atoms with van der Waals surface area (Å²) >= 11 is 0. The topological polar surface area (TPSA) is 50.5 Å². The number of nitrogens with one attached hydrogen (secondary N) is 1. The highest BCUT2D eigenvalue weighted by Crippen LogP contribution is 2.39. The lowest BCUT2D eigenvalue weighted by atomic mass is 9.83. The summed E-state index contributed by atoms with van der Waals surface area (Å²) in [5, 5.41) is 0. The van der Waals surface area contributed by atoms with Gasteiger partial charge in [-0.05, 0) is 19.3 Å².